The fourth-order valence-corrected chi connectivity index (χ4v) is 14.7. The first-order valence-electron chi connectivity index (χ1n) is 51.2. The number of pyridine rings is 4. The molecular formula is C110H108N4+4. The van der Waals surface area contributed by atoms with Crippen LogP contribution in [-0.4, -0.2) is 0 Å². The summed E-state index contributed by atoms with van der Waals surface area (Å²) >= 11 is 0. The first-order valence-corrected chi connectivity index (χ1v) is 37.7. The molecule has 0 spiro atoms. The van der Waals surface area contributed by atoms with Crippen molar-refractivity contribution < 1.29 is 55.3 Å². The maximum atomic E-state index is 8.26. The topological polar surface area (TPSA) is 15.5 Å². The lowest BCUT2D eigenvalue weighted by atomic mass is 9.90. The molecule has 0 aliphatic carbocycles. The smallest absolute Gasteiger partial charge is 0.201 e. The molecule has 4 heteroatoms. The van der Waals surface area contributed by atoms with Crippen molar-refractivity contribution in [2.45, 2.75) is 96.3 Å². The standard InChI is InChI=1S/C29H30N.C28H28N.C27H26N.C26H24N/c1-19-14-21(3)29(22(4)15-19)27-17-28(30(6)18-23(27)5)26-16-25(13-12-20(26)2)24-10-8-7-9-11-24;1-19-10-9-11-20(2)28(19)24-14-15-29(5)27(17-24)26-18-25(21(3)16-22(26)4)23-12-7-6-8-13-23;1-19-10-8-9-13-24(19)23-14-15-28(4)27(17-23)26-18-25(20(2)16-21(26)3)22-11-6-5-7-12-22;1-19-16-20(2)25(18-24(19)22-12-8-5-9-13-22)26-17-23(14-15-27(26)3)21-10-6-4-7-11-21/h7-18H,1-6H3;6-18H,1-5H3;5-18H,1-4H3;4-18H,1-3H3/q4*+1/i3D3,4D3,5D3;1D3,2D3,3D3;1D3,2D3;1D3. The van der Waals surface area contributed by atoms with Crippen molar-refractivity contribution in [2.24, 2.45) is 28.2 Å². The molecule has 0 bridgehead atoms. The van der Waals surface area contributed by atoms with Crippen LogP contribution < -0.4 is 18.3 Å². The van der Waals surface area contributed by atoms with Gasteiger partial charge >= 0.3 is 0 Å². The monoisotopic (exact) mass is 1510 g/mol. The highest BCUT2D eigenvalue weighted by molar-refractivity contribution is 5.84. The Morgan fingerprint density at radius 2 is 0.535 bits per heavy atom. The maximum absolute atomic E-state index is 8.26. The van der Waals surface area contributed by atoms with Crippen LogP contribution in [0.3, 0.4) is 0 Å². The van der Waals surface area contributed by atoms with Crippen LogP contribution in [0.5, 0.6) is 0 Å². The fourth-order valence-electron chi connectivity index (χ4n) is 14.7. The van der Waals surface area contributed by atoms with Crippen molar-refractivity contribution >= 4 is 0 Å². The Balaban J connectivity index is 0.000000159. The van der Waals surface area contributed by atoms with Gasteiger partial charge in [-0.1, -0.05) is 242 Å². The average molecular weight is 1510 g/mol. The number of aryl methyl sites for hydroxylation is 18. The van der Waals surface area contributed by atoms with Crippen LogP contribution in [0.15, 0.2) is 328 Å². The lowest BCUT2D eigenvalue weighted by molar-refractivity contribution is -0.660. The first kappa shape index (κ1) is 51.7. The fraction of sp³-hybridized carbons (Fsp3) is 0.164. The van der Waals surface area contributed by atoms with Gasteiger partial charge in [-0.3, -0.25) is 0 Å². The Hall–Kier alpha value is -12.8. The van der Waals surface area contributed by atoms with Crippen LogP contribution >= 0.6 is 0 Å². The van der Waals surface area contributed by atoms with Crippen molar-refractivity contribution in [3.63, 3.8) is 0 Å². The third kappa shape index (κ3) is 17.8. The lowest BCUT2D eigenvalue weighted by Gasteiger charge is -2.15. The lowest BCUT2D eigenvalue weighted by Crippen LogP contribution is -2.31. The van der Waals surface area contributed by atoms with Crippen LogP contribution in [0, 0.1) is 96.3 Å². The first-order chi connectivity index (χ1) is 65.9. The molecule has 0 fully saturated rings. The summed E-state index contributed by atoms with van der Waals surface area (Å²) in [5.41, 5.74) is 22.1. The summed E-state index contributed by atoms with van der Waals surface area (Å²) in [7, 11) is 7.50. The minimum absolute atomic E-state index is 0.0367. The molecule has 0 aliphatic heterocycles. The molecule has 4 aromatic heterocycles. The van der Waals surface area contributed by atoms with Gasteiger partial charge < -0.3 is 0 Å². The molecule has 0 atom stereocenters. The predicted octanol–water partition coefficient (Wildman–Crippen LogP) is 26.4. The van der Waals surface area contributed by atoms with Crippen molar-refractivity contribution in [1.29, 1.82) is 0 Å². The Morgan fingerprint density at radius 3 is 0.974 bits per heavy atom. The van der Waals surface area contributed by atoms with E-state index in [4.69, 9.17) is 37.0 Å². The third-order valence-electron chi connectivity index (χ3n) is 20.8. The van der Waals surface area contributed by atoms with Gasteiger partial charge in [0.2, 0.25) is 22.8 Å². The normalized spacial score (nSPS) is 15.4. The zero-order valence-electron chi connectivity index (χ0n) is 92.5. The molecule has 0 saturated heterocycles. The zero-order valence-corrected chi connectivity index (χ0v) is 65.5. The number of nitrogens with zero attached hydrogens (tertiary/aromatic N) is 4. The number of hydrogen-bond acceptors (Lipinski definition) is 0. The number of benzene rings is 12. The Morgan fingerprint density at radius 1 is 0.184 bits per heavy atom. The van der Waals surface area contributed by atoms with E-state index in [-0.39, 0.29) is 50.1 Å². The molecule has 0 aliphatic rings. The van der Waals surface area contributed by atoms with Crippen molar-refractivity contribution in [3.8, 4) is 134 Å². The van der Waals surface area contributed by atoms with E-state index in [1.807, 2.05) is 270 Å². The highest BCUT2D eigenvalue weighted by atomic mass is 14.9. The van der Waals surface area contributed by atoms with Gasteiger partial charge in [0, 0.05) is 107 Å². The van der Waals surface area contributed by atoms with Crippen molar-refractivity contribution in [3.05, 3.63) is 406 Å². The zero-order chi connectivity index (χ0) is 103. The van der Waals surface area contributed by atoms with E-state index in [1.54, 1.807) is 67.2 Å². The van der Waals surface area contributed by atoms with Crippen LogP contribution in [0.2, 0.25) is 0 Å². The molecule has 0 radical (unpaired) electrons. The minimum atomic E-state index is -2.67. The summed E-state index contributed by atoms with van der Waals surface area (Å²) in [6.07, 6.45) is 7.17. The average Bonchev–Trinajstić information content (AvgIpc) is 0.736. The predicted molar refractivity (Wildman–Crippen MR) is 482 cm³/mol. The molecular weight excluding hydrogens is 1380 g/mol. The molecule has 564 valence electrons. The molecule has 16 aromatic rings. The second kappa shape index (κ2) is 35.3. The molecule has 0 saturated carbocycles. The van der Waals surface area contributed by atoms with E-state index >= 15 is 0 Å². The van der Waals surface area contributed by atoms with E-state index in [2.05, 4.69) is 35.0 Å². The molecule has 12 aromatic carbocycles. The van der Waals surface area contributed by atoms with Crippen LogP contribution in [0.1, 0.15) is 115 Å². The van der Waals surface area contributed by atoms with Crippen LogP contribution in [0.4, 0.5) is 0 Å². The molecule has 114 heavy (non-hydrogen) atoms. The minimum Gasteiger partial charge on any atom is -0.201 e. The van der Waals surface area contributed by atoms with E-state index in [0.717, 1.165) is 106 Å². The summed E-state index contributed by atoms with van der Waals surface area (Å²) in [6, 6.07) is 93.1. The van der Waals surface area contributed by atoms with Gasteiger partial charge in [-0.25, -0.2) is 18.3 Å². The molecule has 4 nitrogen and oxygen atoms in total. The number of rotatable bonds is 12. The van der Waals surface area contributed by atoms with Gasteiger partial charge in [0.1, 0.15) is 28.2 Å². The second-order valence-electron chi connectivity index (χ2n) is 28.8. The van der Waals surface area contributed by atoms with Gasteiger partial charge in [-0.05, 0) is 276 Å². The van der Waals surface area contributed by atoms with Gasteiger partial charge in [0.25, 0.3) is 0 Å². The van der Waals surface area contributed by atoms with Crippen molar-refractivity contribution in [1.82, 2.24) is 0 Å². The highest BCUT2D eigenvalue weighted by Crippen LogP contribution is 2.40. The van der Waals surface area contributed by atoms with Crippen LogP contribution in [0.25, 0.3) is 134 Å². The van der Waals surface area contributed by atoms with E-state index in [1.165, 1.54) is 36.5 Å². The van der Waals surface area contributed by atoms with Crippen LogP contribution in [-0.2, 0) is 28.2 Å². The van der Waals surface area contributed by atoms with Gasteiger partial charge in [0.15, 0.2) is 24.8 Å². The molecule has 0 unspecified atom stereocenters. The SMILES string of the molecule is [2H]C([2H])([2H])c1c[n+](C)c(-c2cc(-c3ccccc3)ccc2C)cc1-c1c(C([2H])([2H])[2H])cc(C)cc1C([2H])([2H])[2H].[2H]C([2H])([2H])c1cc(C)c(-c2cc(-c3c(C([2H])([2H])[2H])cccc3C([2H])([2H])[2H])cc[n+]2C)cc1-c1ccccc1.[2H]C([2H])([2H])c1cc(C)c(-c2cc(-c3ccccc3)cc[n+]2C)cc1-c1ccccc1.[2H]C([2H])([2H])c1ccccc1-c1cc[n+](C)c(-c2cc(-c3ccccc3)c(C([2H])([2H])[2H])cc2C)c1. The molecule has 0 N–H and O–H groups in total. The second-order valence-corrected chi connectivity index (χ2v) is 28.8. The van der Waals surface area contributed by atoms with Gasteiger partial charge in [0.05, 0.1) is 0 Å². The summed E-state index contributed by atoms with van der Waals surface area (Å²) in [5.74, 6) is 0. The molecule has 4 heterocycles. The van der Waals surface area contributed by atoms with Crippen molar-refractivity contribution in [2.75, 3.05) is 0 Å². The summed E-state index contributed by atoms with van der Waals surface area (Å²) in [6.45, 7) is -12.7. The quantitative estimate of drug-likeness (QED) is 0.108. The largest absolute Gasteiger partial charge is 0.213 e. The highest BCUT2D eigenvalue weighted by Gasteiger charge is 2.24. The van der Waals surface area contributed by atoms with E-state index in [9.17, 15) is 0 Å². The third-order valence-corrected chi connectivity index (χ3v) is 20.8. The summed E-state index contributed by atoms with van der Waals surface area (Å²) < 4.78 is 226. The van der Waals surface area contributed by atoms with E-state index < -0.39 is 61.7 Å². The maximum Gasteiger partial charge on any atom is 0.213 e. The van der Waals surface area contributed by atoms with E-state index in [0.29, 0.717) is 55.9 Å². The summed E-state index contributed by atoms with van der Waals surface area (Å²) in [5, 5.41) is 0. The Bertz CT molecular complexity index is 7190. The summed E-state index contributed by atoms with van der Waals surface area (Å²) in [4.78, 5) is 0. The van der Waals surface area contributed by atoms with Gasteiger partial charge in [-0.2, -0.15) is 0 Å². The Labute approximate surface area is 717 Å². The molecule has 16 rings (SSSR count). The Kier molecular flexibility index (Phi) is 16.0. The number of aromatic nitrogens is 4. The molecule has 0 amide bonds. The number of hydrogen-bond donors (Lipinski definition) is 0. The van der Waals surface area contributed by atoms with Gasteiger partial charge in [-0.15, -0.1) is 0 Å².